The number of benzene rings is 1. The summed E-state index contributed by atoms with van der Waals surface area (Å²) in [6.07, 6.45) is -2.37. The highest BCUT2D eigenvalue weighted by Gasteiger charge is 2.30. The quantitative estimate of drug-likeness (QED) is 0.611. The van der Waals surface area contributed by atoms with Crippen LogP contribution in [0, 0.1) is 13.8 Å². The molecular formula is C22H23F3N4O2S. The lowest BCUT2D eigenvalue weighted by molar-refractivity contribution is -0.137. The van der Waals surface area contributed by atoms with Gasteiger partial charge in [0.05, 0.1) is 17.5 Å². The van der Waals surface area contributed by atoms with Crippen molar-refractivity contribution >= 4 is 33.1 Å². The van der Waals surface area contributed by atoms with Crippen LogP contribution in [0.5, 0.6) is 0 Å². The van der Waals surface area contributed by atoms with Gasteiger partial charge in [0.25, 0.3) is 5.56 Å². The third kappa shape index (κ3) is 4.56. The Labute approximate surface area is 186 Å². The number of anilines is 1. The standard InChI is InChI=1S/C22H23F3N4O2S/c1-13-14(2)32-20-19(13)21(31)29(17(27-20)11-28-8-3-4-9-28)12-18(30)26-16-7-5-6-15(10-16)22(23,24)25/h5-7,10H,3-4,8-9,11-12H2,1-2H3,(H,26,30). The minimum absolute atomic E-state index is 0.0237. The van der Waals surface area contributed by atoms with Gasteiger partial charge in [-0.3, -0.25) is 19.1 Å². The fourth-order valence-electron chi connectivity index (χ4n) is 3.91. The number of nitrogens with zero attached hydrogens (tertiary/aromatic N) is 3. The van der Waals surface area contributed by atoms with Gasteiger partial charge in [0.15, 0.2) is 0 Å². The zero-order valence-electron chi connectivity index (χ0n) is 17.8. The van der Waals surface area contributed by atoms with E-state index in [4.69, 9.17) is 4.98 Å². The van der Waals surface area contributed by atoms with Gasteiger partial charge < -0.3 is 5.32 Å². The number of alkyl halides is 3. The molecule has 0 saturated carbocycles. The van der Waals surface area contributed by atoms with E-state index in [0.29, 0.717) is 22.6 Å². The number of aryl methyl sites for hydroxylation is 2. The van der Waals surface area contributed by atoms with Crippen molar-refractivity contribution in [1.29, 1.82) is 0 Å². The summed E-state index contributed by atoms with van der Waals surface area (Å²) in [5, 5.41) is 2.97. The van der Waals surface area contributed by atoms with Crippen molar-refractivity contribution in [2.75, 3.05) is 18.4 Å². The number of amides is 1. The van der Waals surface area contributed by atoms with Gasteiger partial charge in [-0.25, -0.2) is 4.98 Å². The Morgan fingerprint density at radius 3 is 2.62 bits per heavy atom. The number of rotatable bonds is 5. The summed E-state index contributed by atoms with van der Waals surface area (Å²) in [5.41, 5.74) is -0.294. The zero-order valence-corrected chi connectivity index (χ0v) is 18.6. The highest BCUT2D eigenvalue weighted by molar-refractivity contribution is 7.18. The number of hydrogen-bond donors (Lipinski definition) is 1. The summed E-state index contributed by atoms with van der Waals surface area (Å²) in [6.45, 7) is 5.68. The Hall–Kier alpha value is -2.72. The fourth-order valence-corrected chi connectivity index (χ4v) is 4.95. The highest BCUT2D eigenvalue weighted by atomic mass is 32.1. The molecule has 0 aliphatic carbocycles. The Balaban J connectivity index is 1.66. The van der Waals surface area contributed by atoms with E-state index in [1.807, 2.05) is 13.8 Å². The number of fused-ring (bicyclic) bond motifs is 1. The van der Waals surface area contributed by atoms with Gasteiger partial charge in [-0.1, -0.05) is 6.07 Å². The van der Waals surface area contributed by atoms with E-state index < -0.39 is 17.6 Å². The average molecular weight is 465 g/mol. The zero-order chi connectivity index (χ0) is 23.0. The number of nitrogens with one attached hydrogen (secondary N) is 1. The predicted molar refractivity (Wildman–Crippen MR) is 118 cm³/mol. The van der Waals surface area contributed by atoms with Crippen molar-refractivity contribution in [2.24, 2.45) is 0 Å². The molecule has 1 fully saturated rings. The molecule has 170 valence electrons. The monoisotopic (exact) mass is 464 g/mol. The second-order valence-corrected chi connectivity index (χ2v) is 9.20. The van der Waals surface area contributed by atoms with Gasteiger partial charge in [0, 0.05) is 10.6 Å². The van der Waals surface area contributed by atoms with Gasteiger partial charge >= 0.3 is 6.18 Å². The molecule has 0 atom stereocenters. The van der Waals surface area contributed by atoms with E-state index in [-0.39, 0.29) is 17.8 Å². The highest BCUT2D eigenvalue weighted by Crippen LogP contribution is 2.31. The van der Waals surface area contributed by atoms with Crippen LogP contribution in [0.15, 0.2) is 29.1 Å². The lowest BCUT2D eigenvalue weighted by Gasteiger charge is -2.18. The van der Waals surface area contributed by atoms with Crippen LogP contribution in [0.3, 0.4) is 0 Å². The molecule has 10 heteroatoms. The summed E-state index contributed by atoms with van der Waals surface area (Å²) in [4.78, 5) is 34.6. The van der Waals surface area contributed by atoms with E-state index in [1.165, 1.54) is 28.0 Å². The molecule has 0 radical (unpaired) electrons. The second-order valence-electron chi connectivity index (χ2n) is 7.99. The largest absolute Gasteiger partial charge is 0.416 e. The minimum Gasteiger partial charge on any atom is -0.325 e. The normalized spacial score (nSPS) is 14.9. The third-order valence-corrected chi connectivity index (χ3v) is 6.81. The number of aromatic nitrogens is 2. The summed E-state index contributed by atoms with van der Waals surface area (Å²) in [5.74, 6) is -0.0929. The van der Waals surface area contributed by atoms with Crippen LogP contribution in [0.2, 0.25) is 0 Å². The van der Waals surface area contributed by atoms with Crippen LogP contribution in [0.4, 0.5) is 18.9 Å². The summed E-state index contributed by atoms with van der Waals surface area (Å²) >= 11 is 1.45. The molecule has 0 unspecified atom stereocenters. The van der Waals surface area contributed by atoms with E-state index in [1.54, 1.807) is 0 Å². The molecule has 3 aromatic rings. The maximum atomic E-state index is 13.3. The van der Waals surface area contributed by atoms with E-state index in [2.05, 4.69) is 10.2 Å². The van der Waals surface area contributed by atoms with E-state index >= 15 is 0 Å². The fraction of sp³-hybridized carbons (Fsp3) is 0.409. The second kappa shape index (κ2) is 8.67. The Bertz CT molecular complexity index is 1230. The van der Waals surface area contributed by atoms with Crippen molar-refractivity contribution in [3.63, 3.8) is 0 Å². The van der Waals surface area contributed by atoms with Gasteiger partial charge in [-0.15, -0.1) is 11.3 Å². The Kier molecular flexibility index (Phi) is 6.09. The molecule has 0 spiro atoms. The SMILES string of the molecule is Cc1sc2nc(CN3CCCC3)n(CC(=O)Nc3cccc(C(F)(F)F)c3)c(=O)c2c1C. The summed E-state index contributed by atoms with van der Waals surface area (Å²) in [6, 6.07) is 4.43. The molecular weight excluding hydrogens is 441 g/mol. The maximum absolute atomic E-state index is 13.3. The average Bonchev–Trinajstić information content (AvgIpc) is 3.32. The van der Waals surface area contributed by atoms with Crippen LogP contribution in [0.25, 0.3) is 10.2 Å². The van der Waals surface area contributed by atoms with Crippen LogP contribution >= 0.6 is 11.3 Å². The maximum Gasteiger partial charge on any atom is 0.416 e. The van der Waals surface area contributed by atoms with Crippen molar-refractivity contribution in [1.82, 2.24) is 14.5 Å². The Morgan fingerprint density at radius 1 is 1.22 bits per heavy atom. The number of thiophene rings is 1. The minimum atomic E-state index is -4.51. The number of halogens is 3. The number of hydrogen-bond acceptors (Lipinski definition) is 5. The smallest absolute Gasteiger partial charge is 0.325 e. The molecule has 6 nitrogen and oxygen atoms in total. The number of carbonyl (C=O) groups is 1. The van der Waals surface area contributed by atoms with Crippen molar-refractivity contribution in [3.8, 4) is 0 Å². The first kappa shape index (κ1) is 22.5. The molecule has 1 saturated heterocycles. The third-order valence-electron chi connectivity index (χ3n) is 5.71. The van der Waals surface area contributed by atoms with Crippen LogP contribution in [0.1, 0.15) is 34.7 Å². The van der Waals surface area contributed by atoms with E-state index in [0.717, 1.165) is 48.5 Å². The molecule has 4 rings (SSSR count). The van der Waals surface area contributed by atoms with Gasteiger partial charge in [0.2, 0.25) is 5.91 Å². The molecule has 1 amide bonds. The number of likely N-dealkylation sites (tertiary alicyclic amines) is 1. The molecule has 3 heterocycles. The topological polar surface area (TPSA) is 67.2 Å². The van der Waals surface area contributed by atoms with E-state index in [9.17, 15) is 22.8 Å². The summed E-state index contributed by atoms with van der Waals surface area (Å²) < 4.78 is 40.3. The molecule has 2 aromatic heterocycles. The first-order valence-electron chi connectivity index (χ1n) is 10.3. The molecule has 1 aliphatic rings. The van der Waals surface area contributed by atoms with Crippen molar-refractivity contribution in [3.05, 3.63) is 56.4 Å². The molecule has 32 heavy (non-hydrogen) atoms. The van der Waals surface area contributed by atoms with Crippen LogP contribution < -0.4 is 10.9 Å². The molecule has 1 aromatic carbocycles. The first-order chi connectivity index (χ1) is 15.1. The van der Waals surface area contributed by atoms with Crippen LogP contribution in [-0.2, 0) is 24.1 Å². The van der Waals surface area contributed by atoms with Crippen LogP contribution in [-0.4, -0.2) is 33.4 Å². The number of carbonyl (C=O) groups excluding carboxylic acids is 1. The predicted octanol–water partition coefficient (Wildman–Crippen LogP) is 4.33. The van der Waals surface area contributed by atoms with Crippen molar-refractivity contribution in [2.45, 2.75) is 46.0 Å². The lowest BCUT2D eigenvalue weighted by atomic mass is 10.2. The molecule has 0 bridgehead atoms. The molecule has 1 aliphatic heterocycles. The van der Waals surface area contributed by atoms with Gasteiger partial charge in [-0.2, -0.15) is 13.2 Å². The van der Waals surface area contributed by atoms with Gasteiger partial charge in [-0.05, 0) is 63.5 Å². The van der Waals surface area contributed by atoms with Crippen molar-refractivity contribution < 1.29 is 18.0 Å². The lowest BCUT2D eigenvalue weighted by Crippen LogP contribution is -2.33. The Morgan fingerprint density at radius 2 is 1.94 bits per heavy atom. The summed E-state index contributed by atoms with van der Waals surface area (Å²) in [7, 11) is 0. The van der Waals surface area contributed by atoms with Gasteiger partial charge in [0.1, 0.15) is 17.2 Å². The first-order valence-corrected chi connectivity index (χ1v) is 11.1. The molecule has 1 N–H and O–H groups in total.